The van der Waals surface area contributed by atoms with E-state index >= 15 is 0 Å². The third-order valence-corrected chi connectivity index (χ3v) is 5.26. The first-order valence-electron chi connectivity index (χ1n) is 8.93. The predicted molar refractivity (Wildman–Crippen MR) is 104 cm³/mol. The van der Waals surface area contributed by atoms with Gasteiger partial charge in [-0.3, -0.25) is 0 Å². The second kappa shape index (κ2) is 6.65. The maximum atomic E-state index is 5.61. The molecule has 5 nitrogen and oxygen atoms in total. The second-order valence-corrected chi connectivity index (χ2v) is 6.92. The normalized spacial score (nSPS) is 20.4. The van der Waals surface area contributed by atoms with E-state index in [0.29, 0.717) is 0 Å². The van der Waals surface area contributed by atoms with Crippen LogP contribution in [0.2, 0.25) is 0 Å². The van der Waals surface area contributed by atoms with Crippen molar-refractivity contribution < 1.29 is 23.5 Å². The molecule has 1 saturated heterocycles. The van der Waals surface area contributed by atoms with E-state index in [1.54, 1.807) is 14.2 Å². The summed E-state index contributed by atoms with van der Waals surface area (Å²) in [4.78, 5) is 0. The van der Waals surface area contributed by atoms with Crippen molar-refractivity contribution in [3.05, 3.63) is 64.3 Å². The number of nitrogens with zero attached hydrogens (tertiary/aromatic N) is 1. The quantitative estimate of drug-likeness (QED) is 0.600. The van der Waals surface area contributed by atoms with Gasteiger partial charge in [-0.2, -0.15) is 0 Å². The number of allylic oxidation sites excluding steroid dienone is 4. The minimum absolute atomic E-state index is 0.0872. The zero-order valence-electron chi connectivity index (χ0n) is 16.2. The van der Waals surface area contributed by atoms with Crippen molar-refractivity contribution in [2.45, 2.75) is 13.3 Å². The lowest BCUT2D eigenvalue weighted by Crippen LogP contribution is -2.21. The Balaban J connectivity index is 1.86. The summed E-state index contributed by atoms with van der Waals surface area (Å²) in [5, 5.41) is 0. The molecule has 1 atom stereocenters. The van der Waals surface area contributed by atoms with Gasteiger partial charge in [0.1, 0.15) is 13.8 Å². The molecule has 0 bridgehead atoms. The Bertz CT molecular complexity index is 949. The molecule has 3 aliphatic rings. The van der Waals surface area contributed by atoms with Gasteiger partial charge in [-0.25, -0.2) is 4.58 Å². The summed E-state index contributed by atoms with van der Waals surface area (Å²) in [5.74, 6) is 3.17. The Hall–Kier alpha value is -2.95. The van der Waals surface area contributed by atoms with Crippen LogP contribution in [0, 0.1) is 12.8 Å². The lowest BCUT2D eigenvalue weighted by Gasteiger charge is -2.26. The SMILES string of the molecule is C=[N+](C)C1=C(c2cc(OC)c(OC)cc2C)CC=C2C=C3OCOC3=CC21. The highest BCUT2D eigenvalue weighted by Gasteiger charge is 2.36. The van der Waals surface area contributed by atoms with Gasteiger partial charge in [-0.15, -0.1) is 0 Å². The maximum absolute atomic E-state index is 5.61. The van der Waals surface area contributed by atoms with Gasteiger partial charge in [0.15, 0.2) is 28.7 Å². The van der Waals surface area contributed by atoms with Gasteiger partial charge in [0.25, 0.3) is 0 Å². The molecular weight excluding hydrogens is 342 g/mol. The molecule has 0 saturated carbocycles. The van der Waals surface area contributed by atoms with Crippen molar-refractivity contribution in [3.63, 3.8) is 0 Å². The van der Waals surface area contributed by atoms with Crippen LogP contribution in [0.25, 0.3) is 5.57 Å². The lowest BCUT2D eigenvalue weighted by atomic mass is 9.79. The van der Waals surface area contributed by atoms with E-state index in [1.165, 1.54) is 11.1 Å². The highest BCUT2D eigenvalue weighted by Crippen LogP contribution is 2.44. The number of rotatable bonds is 4. The molecule has 140 valence electrons. The van der Waals surface area contributed by atoms with Crippen LogP contribution < -0.4 is 9.47 Å². The summed E-state index contributed by atoms with van der Waals surface area (Å²) >= 11 is 0. The Kier molecular flexibility index (Phi) is 4.30. The number of benzene rings is 1. The van der Waals surface area contributed by atoms with Crippen LogP contribution in [-0.2, 0) is 9.47 Å². The molecule has 1 heterocycles. The summed E-state index contributed by atoms with van der Waals surface area (Å²) < 4.78 is 24.1. The average molecular weight is 366 g/mol. The van der Waals surface area contributed by atoms with Crippen LogP contribution >= 0.6 is 0 Å². The van der Waals surface area contributed by atoms with Crippen molar-refractivity contribution in [3.8, 4) is 11.5 Å². The molecule has 1 aliphatic heterocycles. The first-order valence-corrected chi connectivity index (χ1v) is 8.93. The molecule has 1 aromatic rings. The first-order chi connectivity index (χ1) is 13.0. The molecule has 27 heavy (non-hydrogen) atoms. The molecular formula is C22H24NO4+. The number of fused-ring (bicyclic) bond motifs is 2. The van der Waals surface area contributed by atoms with Crippen LogP contribution in [-0.4, -0.2) is 39.4 Å². The predicted octanol–water partition coefficient (Wildman–Crippen LogP) is 3.80. The molecule has 1 fully saturated rings. The number of hydrogen-bond donors (Lipinski definition) is 0. The zero-order chi connectivity index (χ0) is 19.1. The van der Waals surface area contributed by atoms with Gasteiger partial charge in [0, 0.05) is 5.57 Å². The number of hydrogen-bond acceptors (Lipinski definition) is 4. The molecule has 0 amide bonds. The summed E-state index contributed by atoms with van der Waals surface area (Å²) in [5.41, 5.74) is 5.88. The van der Waals surface area contributed by atoms with E-state index in [9.17, 15) is 0 Å². The van der Waals surface area contributed by atoms with Crippen LogP contribution in [0.15, 0.2) is 53.1 Å². The molecule has 1 aromatic carbocycles. The van der Waals surface area contributed by atoms with Crippen LogP contribution in [0.5, 0.6) is 11.5 Å². The number of methoxy groups -OCH3 is 2. The zero-order valence-corrected chi connectivity index (χ0v) is 16.2. The van der Waals surface area contributed by atoms with Gasteiger partial charge in [-0.1, -0.05) is 6.08 Å². The topological polar surface area (TPSA) is 39.9 Å². The summed E-state index contributed by atoms with van der Waals surface area (Å²) in [6, 6.07) is 4.07. The van der Waals surface area contributed by atoms with E-state index in [-0.39, 0.29) is 12.7 Å². The smallest absolute Gasteiger partial charge is 0.231 e. The monoisotopic (exact) mass is 366 g/mol. The van der Waals surface area contributed by atoms with Crippen LogP contribution in [0.4, 0.5) is 0 Å². The molecule has 0 radical (unpaired) electrons. The van der Waals surface area contributed by atoms with Crippen molar-refractivity contribution in [1.82, 2.24) is 0 Å². The van der Waals surface area contributed by atoms with E-state index < -0.39 is 0 Å². The summed E-state index contributed by atoms with van der Waals surface area (Å²) in [6.07, 6.45) is 7.27. The first kappa shape index (κ1) is 17.5. The number of ether oxygens (including phenoxy) is 4. The minimum Gasteiger partial charge on any atom is -0.493 e. The third kappa shape index (κ3) is 2.83. The Morgan fingerprint density at radius 1 is 1.11 bits per heavy atom. The van der Waals surface area contributed by atoms with Crippen molar-refractivity contribution in [2.75, 3.05) is 28.1 Å². The van der Waals surface area contributed by atoms with Crippen LogP contribution in [0.3, 0.4) is 0 Å². The standard InChI is InChI=1S/C22H24NO4/c1-13-8-18(24-4)19(25-5)10-16(13)15-7-6-14-9-20-21(27-12-26-20)11-17(14)22(15)23(2)3/h6,8-11,17H,2,7,12H2,1,3-5H3/q+1. The largest absolute Gasteiger partial charge is 0.493 e. The lowest BCUT2D eigenvalue weighted by molar-refractivity contribution is -0.439. The summed E-state index contributed by atoms with van der Waals surface area (Å²) in [6.45, 7) is 6.56. The fourth-order valence-electron chi connectivity index (χ4n) is 3.99. The van der Waals surface area contributed by atoms with E-state index in [0.717, 1.165) is 46.3 Å². The van der Waals surface area contributed by atoms with Gasteiger partial charge in [0.2, 0.25) is 6.79 Å². The van der Waals surface area contributed by atoms with E-state index in [2.05, 4.69) is 37.9 Å². The highest BCUT2D eigenvalue weighted by atomic mass is 16.7. The van der Waals surface area contributed by atoms with Crippen molar-refractivity contribution >= 4 is 12.3 Å². The third-order valence-electron chi connectivity index (χ3n) is 5.26. The van der Waals surface area contributed by atoms with Crippen molar-refractivity contribution in [2.24, 2.45) is 5.92 Å². The number of aryl methyl sites for hydroxylation is 1. The molecule has 0 N–H and O–H groups in total. The van der Waals surface area contributed by atoms with Gasteiger partial charge >= 0.3 is 0 Å². The second-order valence-electron chi connectivity index (χ2n) is 6.92. The Morgan fingerprint density at radius 2 is 1.81 bits per heavy atom. The molecule has 4 rings (SSSR count). The fourth-order valence-corrected chi connectivity index (χ4v) is 3.99. The van der Waals surface area contributed by atoms with Crippen molar-refractivity contribution in [1.29, 1.82) is 0 Å². The van der Waals surface area contributed by atoms with E-state index in [4.69, 9.17) is 18.9 Å². The Labute approximate surface area is 159 Å². The molecule has 1 unspecified atom stereocenters. The van der Waals surface area contributed by atoms with Gasteiger partial charge in [0.05, 0.1) is 20.1 Å². The molecule has 2 aliphatic carbocycles. The van der Waals surface area contributed by atoms with E-state index in [1.807, 2.05) is 17.7 Å². The average Bonchev–Trinajstić information content (AvgIpc) is 3.12. The van der Waals surface area contributed by atoms with Gasteiger partial charge < -0.3 is 18.9 Å². The fraction of sp³-hybridized carbons (Fsp3) is 0.318. The minimum atomic E-state index is 0.0872. The maximum Gasteiger partial charge on any atom is 0.231 e. The van der Waals surface area contributed by atoms with Gasteiger partial charge in [-0.05, 0) is 54.3 Å². The molecule has 0 aromatic heterocycles. The summed E-state index contributed by atoms with van der Waals surface area (Å²) in [7, 11) is 5.30. The Morgan fingerprint density at radius 3 is 2.52 bits per heavy atom. The van der Waals surface area contributed by atoms with Crippen LogP contribution in [0.1, 0.15) is 17.5 Å². The highest BCUT2D eigenvalue weighted by molar-refractivity contribution is 5.76. The molecule has 0 spiro atoms. The molecule has 5 heteroatoms.